The Labute approximate surface area is 237 Å². The van der Waals surface area contributed by atoms with Crippen molar-refractivity contribution in [3.8, 4) is 17.2 Å². The van der Waals surface area contributed by atoms with Gasteiger partial charge in [0, 0.05) is 6.07 Å². The molecule has 10 nitrogen and oxygen atoms in total. The SMILES string of the molecule is COc1ccc(N(CC(=O)N/N=C\c2ccc(OC(=O)c3ccccc3)cc2)S(=O)(=O)c2ccccc2)c(OC)c1. The predicted octanol–water partition coefficient (Wildman–Crippen LogP) is 4.27. The molecule has 0 saturated carbocycles. The lowest BCUT2D eigenvalue weighted by Crippen LogP contribution is -2.39. The van der Waals surface area contributed by atoms with Gasteiger partial charge in [-0.25, -0.2) is 18.6 Å². The van der Waals surface area contributed by atoms with Crippen molar-refractivity contribution in [2.75, 3.05) is 25.1 Å². The third kappa shape index (κ3) is 7.28. The summed E-state index contributed by atoms with van der Waals surface area (Å²) in [5.41, 5.74) is 3.54. The van der Waals surface area contributed by atoms with Gasteiger partial charge in [0.25, 0.3) is 15.9 Å². The van der Waals surface area contributed by atoms with E-state index >= 15 is 0 Å². The molecule has 0 aromatic heterocycles. The molecule has 0 unspecified atom stereocenters. The summed E-state index contributed by atoms with van der Waals surface area (Å²) in [7, 11) is -1.29. The number of ether oxygens (including phenoxy) is 3. The van der Waals surface area contributed by atoms with Crippen LogP contribution in [0.1, 0.15) is 15.9 Å². The minimum Gasteiger partial charge on any atom is -0.497 e. The van der Waals surface area contributed by atoms with E-state index in [0.29, 0.717) is 22.6 Å². The minimum absolute atomic E-state index is 0.00206. The first kappa shape index (κ1) is 28.8. The molecule has 0 atom stereocenters. The van der Waals surface area contributed by atoms with Crippen LogP contribution in [0, 0.1) is 0 Å². The number of nitrogens with zero attached hydrogens (tertiary/aromatic N) is 2. The van der Waals surface area contributed by atoms with Crippen LogP contribution >= 0.6 is 0 Å². The van der Waals surface area contributed by atoms with Gasteiger partial charge in [-0.15, -0.1) is 0 Å². The van der Waals surface area contributed by atoms with Crippen LogP contribution in [0.5, 0.6) is 17.2 Å². The number of amides is 1. The maximum atomic E-state index is 13.6. The lowest BCUT2D eigenvalue weighted by atomic mass is 10.2. The first-order chi connectivity index (χ1) is 19.8. The highest BCUT2D eigenvalue weighted by atomic mass is 32.2. The Bertz CT molecular complexity index is 1630. The molecule has 210 valence electrons. The Balaban J connectivity index is 1.47. The van der Waals surface area contributed by atoms with Gasteiger partial charge >= 0.3 is 5.97 Å². The van der Waals surface area contributed by atoms with E-state index in [-0.39, 0.29) is 16.3 Å². The zero-order chi connectivity index (χ0) is 29.2. The number of esters is 1. The number of hydrogen-bond acceptors (Lipinski definition) is 8. The molecule has 0 radical (unpaired) electrons. The predicted molar refractivity (Wildman–Crippen MR) is 154 cm³/mol. The standard InChI is InChI=1S/C30H27N3O7S/c1-38-25-17-18-27(28(19-25)39-2)33(41(36,37)26-11-7-4-8-12-26)21-29(34)32-31-20-22-13-15-24(16-14-22)40-30(35)23-9-5-3-6-10-23/h3-20H,21H2,1-2H3,(H,32,34)/b31-20-. The number of hydrogen-bond donors (Lipinski definition) is 1. The van der Waals surface area contributed by atoms with Gasteiger partial charge in [0.1, 0.15) is 23.8 Å². The fourth-order valence-electron chi connectivity index (χ4n) is 3.72. The molecule has 1 amide bonds. The van der Waals surface area contributed by atoms with E-state index in [1.807, 2.05) is 0 Å². The number of carbonyl (C=O) groups excluding carboxylic acids is 2. The van der Waals surface area contributed by atoms with Gasteiger partial charge in [0.05, 0.1) is 36.6 Å². The van der Waals surface area contributed by atoms with Gasteiger partial charge in [-0.2, -0.15) is 5.10 Å². The molecule has 41 heavy (non-hydrogen) atoms. The molecule has 0 saturated heterocycles. The molecule has 0 aliphatic rings. The maximum Gasteiger partial charge on any atom is 0.343 e. The summed E-state index contributed by atoms with van der Waals surface area (Å²) < 4.78 is 44.1. The van der Waals surface area contributed by atoms with Crippen LogP contribution in [0.2, 0.25) is 0 Å². The second-order valence-corrected chi connectivity index (χ2v) is 10.3. The Hall–Kier alpha value is -5.16. The Morgan fingerprint density at radius 3 is 2.10 bits per heavy atom. The highest BCUT2D eigenvalue weighted by molar-refractivity contribution is 7.92. The average molecular weight is 574 g/mol. The molecular weight excluding hydrogens is 546 g/mol. The summed E-state index contributed by atoms with van der Waals surface area (Å²) in [6.45, 7) is -0.578. The van der Waals surface area contributed by atoms with Crippen LogP contribution in [0.25, 0.3) is 0 Å². The molecule has 4 aromatic carbocycles. The largest absolute Gasteiger partial charge is 0.497 e. The van der Waals surface area contributed by atoms with E-state index in [1.54, 1.807) is 78.9 Å². The summed E-state index contributed by atoms with van der Waals surface area (Å²) in [4.78, 5) is 25.1. The first-order valence-corrected chi connectivity index (χ1v) is 13.7. The topological polar surface area (TPSA) is 124 Å². The molecule has 4 aromatic rings. The van der Waals surface area contributed by atoms with Gasteiger partial charge in [-0.05, 0) is 66.2 Å². The van der Waals surface area contributed by atoms with Crippen molar-refractivity contribution in [3.05, 3.63) is 114 Å². The first-order valence-electron chi connectivity index (χ1n) is 12.3. The number of benzene rings is 4. The monoisotopic (exact) mass is 573 g/mol. The van der Waals surface area contributed by atoms with Gasteiger partial charge in [-0.1, -0.05) is 36.4 Å². The molecule has 0 spiro atoms. The lowest BCUT2D eigenvalue weighted by Gasteiger charge is -2.25. The molecule has 4 rings (SSSR count). The van der Waals surface area contributed by atoms with Crippen molar-refractivity contribution in [1.29, 1.82) is 0 Å². The molecule has 11 heteroatoms. The van der Waals surface area contributed by atoms with E-state index in [4.69, 9.17) is 14.2 Å². The van der Waals surface area contributed by atoms with Crippen LogP contribution in [0.4, 0.5) is 5.69 Å². The van der Waals surface area contributed by atoms with Crippen molar-refractivity contribution in [1.82, 2.24) is 5.43 Å². The second-order valence-electron chi connectivity index (χ2n) is 8.48. The number of hydrazone groups is 1. The van der Waals surface area contributed by atoms with E-state index in [1.165, 1.54) is 44.7 Å². The Morgan fingerprint density at radius 2 is 1.46 bits per heavy atom. The van der Waals surface area contributed by atoms with Gasteiger partial charge in [0.2, 0.25) is 0 Å². The van der Waals surface area contributed by atoms with Gasteiger partial charge < -0.3 is 14.2 Å². The highest BCUT2D eigenvalue weighted by Crippen LogP contribution is 2.35. The van der Waals surface area contributed by atoms with Gasteiger partial charge in [-0.3, -0.25) is 9.10 Å². The van der Waals surface area contributed by atoms with E-state index in [0.717, 1.165) is 4.31 Å². The van der Waals surface area contributed by atoms with Crippen molar-refractivity contribution < 1.29 is 32.2 Å². The van der Waals surface area contributed by atoms with Gasteiger partial charge in [0.15, 0.2) is 0 Å². The summed E-state index contributed by atoms with van der Waals surface area (Å²) in [6, 6.07) is 27.4. The molecule has 0 aliphatic carbocycles. The molecule has 0 fully saturated rings. The Morgan fingerprint density at radius 1 is 0.829 bits per heavy atom. The number of methoxy groups -OCH3 is 2. The average Bonchev–Trinajstić information content (AvgIpc) is 3.01. The van der Waals surface area contributed by atoms with Crippen LogP contribution < -0.4 is 23.9 Å². The Kier molecular flexibility index (Phi) is 9.33. The number of anilines is 1. The van der Waals surface area contributed by atoms with Crippen LogP contribution in [-0.4, -0.2) is 47.3 Å². The molecule has 1 N–H and O–H groups in total. The van der Waals surface area contributed by atoms with Crippen molar-refractivity contribution >= 4 is 33.8 Å². The summed E-state index contributed by atoms with van der Waals surface area (Å²) in [5.74, 6) is -0.171. The molecular formula is C30H27N3O7S. The van der Waals surface area contributed by atoms with Crippen LogP contribution in [-0.2, 0) is 14.8 Å². The highest BCUT2D eigenvalue weighted by Gasteiger charge is 2.29. The minimum atomic E-state index is -4.16. The zero-order valence-corrected chi connectivity index (χ0v) is 23.1. The number of carbonyl (C=O) groups is 2. The number of rotatable bonds is 11. The molecule has 0 bridgehead atoms. The third-order valence-corrected chi connectivity index (χ3v) is 7.55. The van der Waals surface area contributed by atoms with Crippen molar-refractivity contribution in [2.24, 2.45) is 5.10 Å². The smallest absolute Gasteiger partial charge is 0.343 e. The summed E-state index contributed by atoms with van der Waals surface area (Å²) in [6.07, 6.45) is 1.38. The fraction of sp³-hybridized carbons (Fsp3) is 0.100. The summed E-state index contributed by atoms with van der Waals surface area (Å²) in [5, 5.41) is 3.95. The maximum absolute atomic E-state index is 13.6. The fourth-order valence-corrected chi connectivity index (χ4v) is 5.17. The number of sulfonamides is 1. The lowest BCUT2D eigenvalue weighted by molar-refractivity contribution is -0.119. The summed E-state index contributed by atoms with van der Waals surface area (Å²) >= 11 is 0. The van der Waals surface area contributed by atoms with E-state index in [2.05, 4.69) is 10.5 Å². The zero-order valence-electron chi connectivity index (χ0n) is 22.3. The number of nitrogens with one attached hydrogen (secondary N) is 1. The van der Waals surface area contributed by atoms with E-state index in [9.17, 15) is 18.0 Å². The second kappa shape index (κ2) is 13.3. The quantitative estimate of drug-likeness (QED) is 0.123. The third-order valence-electron chi connectivity index (χ3n) is 5.78. The van der Waals surface area contributed by atoms with E-state index < -0.39 is 28.4 Å². The van der Waals surface area contributed by atoms with Crippen molar-refractivity contribution in [2.45, 2.75) is 4.90 Å². The molecule has 0 aliphatic heterocycles. The van der Waals surface area contributed by atoms with Crippen LogP contribution in [0.15, 0.2) is 113 Å². The van der Waals surface area contributed by atoms with Crippen molar-refractivity contribution in [3.63, 3.8) is 0 Å². The van der Waals surface area contributed by atoms with Crippen LogP contribution in [0.3, 0.4) is 0 Å². The molecule has 0 heterocycles. The normalized spacial score (nSPS) is 11.1.